The number of hydrogen-bond donors (Lipinski definition) is 1. The van der Waals surface area contributed by atoms with E-state index >= 15 is 0 Å². The summed E-state index contributed by atoms with van der Waals surface area (Å²) in [7, 11) is -3.12. The summed E-state index contributed by atoms with van der Waals surface area (Å²) < 4.78 is 22.6. The highest BCUT2D eigenvalue weighted by Crippen LogP contribution is 2.29. The lowest BCUT2D eigenvalue weighted by Crippen LogP contribution is -2.35. The van der Waals surface area contributed by atoms with Crippen molar-refractivity contribution in [1.82, 2.24) is 5.32 Å². The van der Waals surface area contributed by atoms with E-state index in [4.69, 9.17) is 0 Å². The highest BCUT2D eigenvalue weighted by atomic mass is 32.2. The molecule has 0 fully saturated rings. The first-order chi connectivity index (χ1) is 9.03. The molecule has 1 amide bonds. The number of carbonyl (C=O) groups excluding carboxylic acids is 1. The van der Waals surface area contributed by atoms with Crippen molar-refractivity contribution >= 4 is 27.1 Å². The number of carbonyl (C=O) groups is 1. The van der Waals surface area contributed by atoms with Crippen molar-refractivity contribution in [2.24, 2.45) is 0 Å². The van der Waals surface area contributed by atoms with Crippen molar-refractivity contribution in [1.29, 1.82) is 0 Å². The molecule has 0 spiro atoms. The van der Waals surface area contributed by atoms with Gasteiger partial charge < -0.3 is 5.32 Å². The molecule has 19 heavy (non-hydrogen) atoms. The molecule has 1 atom stereocenters. The lowest BCUT2D eigenvalue weighted by molar-refractivity contribution is 0.0951. The summed E-state index contributed by atoms with van der Waals surface area (Å²) >= 11 is 1.54. The van der Waals surface area contributed by atoms with Gasteiger partial charge in [0.15, 0.2) is 9.84 Å². The van der Waals surface area contributed by atoms with Crippen LogP contribution in [0, 0.1) is 0 Å². The Bertz CT molecular complexity index is 619. The standard InChI is InChI=1S/C13H15NO3S2/c15-13(14-10-5-6-19(16,17)8-10)12-7-9-3-1-2-4-11(9)18-12/h5-7,10H,1-4,8H2,(H,14,15)/t10-/m0/s1. The quantitative estimate of drug-likeness (QED) is 0.903. The van der Waals surface area contributed by atoms with E-state index in [9.17, 15) is 13.2 Å². The second-order valence-corrected chi connectivity index (χ2v) is 8.07. The minimum atomic E-state index is -3.12. The van der Waals surface area contributed by atoms with Crippen LogP contribution in [0.1, 0.15) is 33.0 Å². The van der Waals surface area contributed by atoms with Gasteiger partial charge in [0, 0.05) is 10.3 Å². The van der Waals surface area contributed by atoms with E-state index in [1.54, 1.807) is 17.4 Å². The van der Waals surface area contributed by atoms with Crippen LogP contribution in [-0.4, -0.2) is 26.1 Å². The molecular weight excluding hydrogens is 282 g/mol. The maximum absolute atomic E-state index is 12.1. The average Bonchev–Trinajstić information content (AvgIpc) is 2.92. The fraction of sp³-hybridized carbons (Fsp3) is 0.462. The zero-order valence-electron chi connectivity index (χ0n) is 10.4. The first-order valence-corrected chi connectivity index (χ1v) is 8.90. The molecular formula is C13H15NO3S2. The van der Waals surface area contributed by atoms with Gasteiger partial charge in [0.2, 0.25) is 0 Å². The third-order valence-corrected chi connectivity index (χ3v) is 6.10. The van der Waals surface area contributed by atoms with E-state index in [1.807, 2.05) is 6.07 Å². The Morgan fingerprint density at radius 2 is 2.11 bits per heavy atom. The number of amides is 1. The summed E-state index contributed by atoms with van der Waals surface area (Å²) in [6, 6.07) is 1.57. The minimum absolute atomic E-state index is 0.0240. The highest BCUT2D eigenvalue weighted by Gasteiger charge is 2.24. The molecule has 0 radical (unpaired) electrons. The predicted octanol–water partition coefficient (Wildman–Crippen LogP) is 1.67. The van der Waals surface area contributed by atoms with Gasteiger partial charge >= 0.3 is 0 Å². The molecule has 1 aliphatic carbocycles. The van der Waals surface area contributed by atoms with Crippen LogP contribution in [0.3, 0.4) is 0 Å². The first-order valence-electron chi connectivity index (χ1n) is 6.37. The minimum Gasteiger partial charge on any atom is -0.344 e. The van der Waals surface area contributed by atoms with Crippen LogP contribution in [0.15, 0.2) is 17.6 Å². The summed E-state index contributed by atoms with van der Waals surface area (Å²) in [5.41, 5.74) is 1.29. The topological polar surface area (TPSA) is 63.2 Å². The molecule has 2 heterocycles. The predicted molar refractivity (Wildman–Crippen MR) is 75.1 cm³/mol. The number of nitrogens with one attached hydrogen (secondary N) is 1. The average molecular weight is 297 g/mol. The highest BCUT2D eigenvalue weighted by molar-refractivity contribution is 7.94. The van der Waals surface area contributed by atoms with Crippen LogP contribution in [0.25, 0.3) is 0 Å². The van der Waals surface area contributed by atoms with Gasteiger partial charge in [0.1, 0.15) is 0 Å². The van der Waals surface area contributed by atoms with Crippen LogP contribution < -0.4 is 5.32 Å². The number of aryl methyl sites for hydroxylation is 2. The Morgan fingerprint density at radius 1 is 1.32 bits per heavy atom. The van der Waals surface area contributed by atoms with Crippen molar-refractivity contribution in [3.8, 4) is 0 Å². The van der Waals surface area contributed by atoms with Gasteiger partial charge in [0.05, 0.1) is 16.7 Å². The third-order valence-electron chi connectivity index (χ3n) is 3.47. The molecule has 0 aromatic carbocycles. The maximum Gasteiger partial charge on any atom is 0.261 e. The Kier molecular flexibility index (Phi) is 3.22. The molecule has 0 saturated carbocycles. The monoisotopic (exact) mass is 297 g/mol. The van der Waals surface area contributed by atoms with Crippen LogP contribution >= 0.6 is 11.3 Å². The Labute approximate surface area is 116 Å². The largest absolute Gasteiger partial charge is 0.344 e. The molecule has 1 aliphatic heterocycles. The lowest BCUT2D eigenvalue weighted by Gasteiger charge is -2.08. The SMILES string of the molecule is O=C(N[C@H]1C=CS(=O)(=O)C1)c1cc2c(s1)CCCC2. The summed E-state index contributed by atoms with van der Waals surface area (Å²) in [5.74, 6) is -0.185. The third kappa shape index (κ3) is 2.74. The van der Waals surface area contributed by atoms with Crippen molar-refractivity contribution in [2.45, 2.75) is 31.7 Å². The van der Waals surface area contributed by atoms with Gasteiger partial charge in [-0.3, -0.25) is 4.79 Å². The van der Waals surface area contributed by atoms with Gasteiger partial charge in [-0.25, -0.2) is 8.42 Å². The van der Waals surface area contributed by atoms with E-state index in [0.717, 1.165) is 12.8 Å². The first kappa shape index (κ1) is 12.9. The fourth-order valence-corrected chi connectivity index (χ4v) is 4.90. The summed E-state index contributed by atoms with van der Waals surface area (Å²) in [6.07, 6.45) is 6.04. The van der Waals surface area contributed by atoms with Crippen molar-refractivity contribution in [2.75, 3.05) is 5.75 Å². The zero-order valence-corrected chi connectivity index (χ0v) is 12.0. The van der Waals surface area contributed by atoms with Gasteiger partial charge in [-0.2, -0.15) is 0 Å². The van der Waals surface area contributed by atoms with Gasteiger partial charge in [-0.05, 0) is 43.4 Å². The van der Waals surface area contributed by atoms with E-state index < -0.39 is 15.9 Å². The van der Waals surface area contributed by atoms with Crippen molar-refractivity contribution < 1.29 is 13.2 Å². The molecule has 3 rings (SSSR count). The molecule has 0 unspecified atom stereocenters. The molecule has 1 aromatic rings. The van der Waals surface area contributed by atoms with E-state index in [-0.39, 0.29) is 11.7 Å². The number of rotatable bonds is 2. The second-order valence-electron chi connectivity index (χ2n) is 5.00. The summed E-state index contributed by atoms with van der Waals surface area (Å²) in [6.45, 7) is 0. The van der Waals surface area contributed by atoms with Gasteiger partial charge in [-0.15, -0.1) is 11.3 Å². The molecule has 6 heteroatoms. The Morgan fingerprint density at radius 3 is 2.79 bits per heavy atom. The zero-order chi connectivity index (χ0) is 13.5. The van der Waals surface area contributed by atoms with Gasteiger partial charge in [-0.1, -0.05) is 0 Å². The van der Waals surface area contributed by atoms with Crippen molar-refractivity contribution in [3.05, 3.63) is 32.9 Å². The van der Waals surface area contributed by atoms with Crippen LogP contribution in [0.2, 0.25) is 0 Å². The smallest absolute Gasteiger partial charge is 0.261 e. The molecule has 0 saturated heterocycles. The van der Waals surface area contributed by atoms with Gasteiger partial charge in [0.25, 0.3) is 5.91 Å². The van der Waals surface area contributed by atoms with E-state index in [2.05, 4.69) is 5.32 Å². The van der Waals surface area contributed by atoms with Crippen LogP contribution in [-0.2, 0) is 22.7 Å². The second kappa shape index (κ2) is 4.76. The lowest BCUT2D eigenvalue weighted by atomic mass is 9.99. The van der Waals surface area contributed by atoms with E-state index in [0.29, 0.717) is 4.88 Å². The van der Waals surface area contributed by atoms with E-state index in [1.165, 1.54) is 28.7 Å². The molecule has 0 bridgehead atoms. The molecule has 2 aliphatic rings. The normalized spacial score (nSPS) is 24.1. The fourth-order valence-electron chi connectivity index (χ4n) is 2.51. The Hall–Kier alpha value is -1.14. The Balaban J connectivity index is 1.71. The summed E-state index contributed by atoms with van der Waals surface area (Å²) in [4.78, 5) is 14.1. The van der Waals surface area contributed by atoms with Crippen LogP contribution in [0.4, 0.5) is 0 Å². The number of fused-ring (bicyclic) bond motifs is 1. The van der Waals surface area contributed by atoms with Crippen molar-refractivity contribution in [3.63, 3.8) is 0 Å². The molecule has 1 aromatic heterocycles. The number of thiophene rings is 1. The molecule has 1 N–H and O–H groups in total. The maximum atomic E-state index is 12.1. The molecule has 102 valence electrons. The number of hydrogen-bond acceptors (Lipinski definition) is 4. The summed E-state index contributed by atoms with van der Waals surface area (Å²) in [5, 5.41) is 3.94. The number of sulfone groups is 1. The van der Waals surface area contributed by atoms with Crippen LogP contribution in [0.5, 0.6) is 0 Å². The molecule has 4 nitrogen and oxygen atoms in total.